The summed E-state index contributed by atoms with van der Waals surface area (Å²) >= 11 is 0. The molecule has 20 heavy (non-hydrogen) atoms. The first-order valence-corrected chi connectivity index (χ1v) is 5.35. The van der Waals surface area contributed by atoms with E-state index in [1.165, 1.54) is 6.08 Å². The highest BCUT2D eigenvalue weighted by Crippen LogP contribution is 1.82. The third kappa shape index (κ3) is 10.4. The Balaban J connectivity index is 3.55. The van der Waals surface area contributed by atoms with Crippen molar-refractivity contribution in [1.82, 2.24) is 16.0 Å². The maximum absolute atomic E-state index is 11.0. The van der Waals surface area contributed by atoms with Crippen LogP contribution in [0.15, 0.2) is 4.99 Å². The summed E-state index contributed by atoms with van der Waals surface area (Å²) < 4.78 is 13.3. The predicted molar refractivity (Wildman–Crippen MR) is 62.1 cm³/mol. The molecule has 0 atom stereocenters. The van der Waals surface area contributed by atoms with Crippen LogP contribution in [0.25, 0.3) is 0 Å². The Hall–Kier alpha value is -2.81. The number of rotatable bonds is 7. The van der Waals surface area contributed by atoms with Crippen LogP contribution in [0.3, 0.4) is 0 Å². The highest BCUT2D eigenvalue weighted by molar-refractivity contribution is 5.70. The fraction of sp³-hybridized carbons (Fsp3) is 0.556. The lowest BCUT2D eigenvalue weighted by atomic mass is 10.8. The van der Waals surface area contributed by atoms with Crippen LogP contribution in [-0.2, 0) is 19.0 Å². The molecule has 112 valence electrons. The minimum Gasteiger partial charge on any atom is -0.450 e. The van der Waals surface area contributed by atoms with Crippen LogP contribution in [0.2, 0.25) is 0 Å². The summed E-state index contributed by atoms with van der Waals surface area (Å²) in [5.41, 5.74) is 0. The van der Waals surface area contributed by atoms with Crippen molar-refractivity contribution >= 4 is 24.4 Å². The summed E-state index contributed by atoms with van der Waals surface area (Å²) in [7, 11) is 0. The quantitative estimate of drug-likeness (QED) is 0.322. The van der Waals surface area contributed by atoms with E-state index in [1.54, 1.807) is 6.92 Å². The molecular weight excluding hydrogens is 276 g/mol. The Bertz CT molecular complexity index is 380. The van der Waals surface area contributed by atoms with Crippen LogP contribution >= 0.6 is 0 Å². The molecule has 0 aliphatic rings. The number of isocyanates is 1. The van der Waals surface area contributed by atoms with Crippen molar-refractivity contribution in [3.63, 3.8) is 0 Å². The van der Waals surface area contributed by atoms with Crippen LogP contribution < -0.4 is 16.0 Å². The molecule has 0 heterocycles. The zero-order valence-electron chi connectivity index (χ0n) is 10.6. The van der Waals surface area contributed by atoms with Gasteiger partial charge in [-0.05, 0) is 6.92 Å². The molecule has 0 fully saturated rings. The topological polar surface area (TPSA) is 144 Å². The average Bonchev–Trinajstić information content (AvgIpc) is 2.39. The average molecular weight is 290 g/mol. The molecule has 3 amide bonds. The van der Waals surface area contributed by atoms with Gasteiger partial charge in [0, 0.05) is 0 Å². The van der Waals surface area contributed by atoms with E-state index >= 15 is 0 Å². The molecule has 0 unspecified atom stereocenters. The third-order valence-corrected chi connectivity index (χ3v) is 1.49. The lowest BCUT2D eigenvalue weighted by Crippen LogP contribution is -2.38. The molecule has 3 N–H and O–H groups in total. The Morgan fingerprint density at radius 3 is 2.10 bits per heavy atom. The van der Waals surface area contributed by atoms with Gasteiger partial charge in [-0.1, -0.05) is 0 Å². The van der Waals surface area contributed by atoms with Crippen molar-refractivity contribution in [2.45, 2.75) is 6.92 Å². The third-order valence-electron chi connectivity index (χ3n) is 1.49. The zero-order valence-corrected chi connectivity index (χ0v) is 10.6. The van der Waals surface area contributed by atoms with Crippen molar-refractivity contribution in [2.24, 2.45) is 4.99 Å². The Kier molecular flexibility index (Phi) is 9.70. The standard InChI is InChI=1S/C9H14N4O7/c1-2-18-7(15)12-4-13-9(17)20-6-19-8(16)11-3-10-5-14/h2-4,6H2,1H3,(H,11,16)(H,12,15)(H,13,17). The van der Waals surface area contributed by atoms with Gasteiger partial charge < -0.3 is 30.2 Å². The van der Waals surface area contributed by atoms with Gasteiger partial charge in [0.15, 0.2) is 0 Å². The van der Waals surface area contributed by atoms with Crippen LogP contribution in [-0.4, -0.2) is 51.1 Å². The molecule has 0 rings (SSSR count). The number of ether oxygens (including phenoxy) is 3. The number of carbonyl (C=O) groups excluding carboxylic acids is 4. The van der Waals surface area contributed by atoms with Crippen LogP contribution in [0.5, 0.6) is 0 Å². The Labute approximate surface area is 113 Å². The summed E-state index contributed by atoms with van der Waals surface area (Å²) in [6.45, 7) is 0.676. The molecule has 0 aromatic heterocycles. The Morgan fingerprint density at radius 2 is 1.55 bits per heavy atom. The van der Waals surface area contributed by atoms with Gasteiger partial charge >= 0.3 is 18.3 Å². The minimum absolute atomic E-state index is 0.202. The van der Waals surface area contributed by atoms with Crippen LogP contribution in [0.4, 0.5) is 14.4 Å². The number of carbonyl (C=O) groups is 3. The van der Waals surface area contributed by atoms with Crippen molar-refractivity contribution < 1.29 is 33.4 Å². The molecule has 0 saturated heterocycles. The van der Waals surface area contributed by atoms with E-state index < -0.39 is 25.1 Å². The van der Waals surface area contributed by atoms with E-state index in [0.717, 1.165) is 0 Å². The lowest BCUT2D eigenvalue weighted by Gasteiger charge is -2.08. The SMILES string of the molecule is CCOC(=O)NCNC(=O)OCOC(=O)NCN=C=O. The number of nitrogens with zero attached hydrogens (tertiary/aromatic N) is 1. The molecule has 0 saturated carbocycles. The fourth-order valence-electron chi connectivity index (χ4n) is 0.746. The van der Waals surface area contributed by atoms with Gasteiger partial charge in [-0.2, -0.15) is 4.99 Å². The number of aliphatic imine (C=N–C) groups is 1. The second-order valence-electron chi connectivity index (χ2n) is 2.82. The summed E-state index contributed by atoms with van der Waals surface area (Å²) in [5, 5.41) is 6.40. The fourth-order valence-corrected chi connectivity index (χ4v) is 0.746. The largest absolute Gasteiger partial charge is 0.450 e. The van der Waals surface area contributed by atoms with Gasteiger partial charge in [0.25, 0.3) is 0 Å². The van der Waals surface area contributed by atoms with E-state index in [-0.39, 0.29) is 19.9 Å². The van der Waals surface area contributed by atoms with E-state index in [4.69, 9.17) is 0 Å². The predicted octanol–water partition coefficient (Wildman–Crippen LogP) is -0.607. The first-order valence-electron chi connectivity index (χ1n) is 5.35. The van der Waals surface area contributed by atoms with Gasteiger partial charge in [-0.15, -0.1) is 0 Å². The first kappa shape index (κ1) is 17.2. The Morgan fingerprint density at radius 1 is 1.00 bits per heavy atom. The van der Waals surface area contributed by atoms with Crippen LogP contribution in [0.1, 0.15) is 6.92 Å². The van der Waals surface area contributed by atoms with E-state index in [2.05, 4.69) is 35.2 Å². The molecule has 11 heteroatoms. The molecule has 0 radical (unpaired) electrons. The monoisotopic (exact) mass is 290 g/mol. The molecule has 0 bridgehead atoms. The van der Waals surface area contributed by atoms with Crippen molar-refractivity contribution in [3.05, 3.63) is 0 Å². The van der Waals surface area contributed by atoms with Crippen LogP contribution in [0, 0.1) is 0 Å². The molecule has 11 nitrogen and oxygen atoms in total. The highest BCUT2D eigenvalue weighted by Gasteiger charge is 2.05. The summed E-state index contributed by atoms with van der Waals surface area (Å²) in [6, 6.07) is 0. The normalized spacial score (nSPS) is 8.65. The van der Waals surface area contributed by atoms with Gasteiger partial charge in [-0.25, -0.2) is 19.2 Å². The second-order valence-corrected chi connectivity index (χ2v) is 2.82. The molecule has 0 aromatic carbocycles. The van der Waals surface area contributed by atoms with Crippen molar-refractivity contribution in [2.75, 3.05) is 26.7 Å². The number of amides is 3. The molecule has 0 aliphatic carbocycles. The number of alkyl carbamates (subject to hydrolysis) is 3. The summed E-state index contributed by atoms with van der Waals surface area (Å²) in [5.74, 6) is 0. The molecule has 0 aromatic rings. The molecule has 0 spiro atoms. The number of nitrogens with one attached hydrogen (secondary N) is 3. The maximum Gasteiger partial charge on any atom is 0.411 e. The van der Waals surface area contributed by atoms with Gasteiger partial charge in [-0.3, -0.25) is 0 Å². The van der Waals surface area contributed by atoms with Gasteiger partial charge in [0.2, 0.25) is 12.9 Å². The zero-order chi connectivity index (χ0) is 15.2. The number of hydrogen-bond donors (Lipinski definition) is 3. The van der Waals surface area contributed by atoms with E-state index in [9.17, 15) is 19.2 Å². The lowest BCUT2D eigenvalue weighted by molar-refractivity contribution is 0.0244. The second kappa shape index (κ2) is 11.3. The number of hydrogen-bond acceptors (Lipinski definition) is 8. The maximum atomic E-state index is 11.0. The van der Waals surface area contributed by atoms with Gasteiger partial charge in [0.1, 0.15) is 6.67 Å². The molecular formula is C9H14N4O7. The molecule has 0 aliphatic heterocycles. The van der Waals surface area contributed by atoms with Gasteiger partial charge in [0.05, 0.1) is 13.3 Å². The van der Waals surface area contributed by atoms with Crippen molar-refractivity contribution in [1.29, 1.82) is 0 Å². The smallest absolute Gasteiger partial charge is 0.411 e. The summed E-state index contributed by atoms with van der Waals surface area (Å²) in [6.07, 6.45) is -1.34. The summed E-state index contributed by atoms with van der Waals surface area (Å²) in [4.78, 5) is 45.4. The minimum atomic E-state index is -0.929. The highest BCUT2D eigenvalue weighted by atomic mass is 16.7. The van der Waals surface area contributed by atoms with Crippen molar-refractivity contribution in [3.8, 4) is 0 Å². The van der Waals surface area contributed by atoms with E-state index in [0.29, 0.717) is 0 Å². The van der Waals surface area contributed by atoms with E-state index in [1.807, 2.05) is 0 Å². The first-order chi connectivity index (χ1) is 9.60.